The van der Waals surface area contributed by atoms with Gasteiger partial charge >= 0.3 is 0 Å². The van der Waals surface area contributed by atoms with E-state index in [-0.39, 0.29) is 0 Å². The van der Waals surface area contributed by atoms with E-state index in [1.807, 2.05) is 24.3 Å². The van der Waals surface area contributed by atoms with Crippen molar-refractivity contribution in [3.8, 4) is 23.0 Å². The zero-order valence-corrected chi connectivity index (χ0v) is 16.5. The lowest BCUT2D eigenvalue weighted by atomic mass is 9.97. The van der Waals surface area contributed by atoms with Crippen molar-refractivity contribution in [2.45, 2.75) is 19.5 Å². The SMILES string of the molecule is COc1ccc2ccc(O)c(C[NH+]3CCc4cc(OC)c(OC)cc4C3)c2c1. The Hall–Kier alpha value is -2.92. The van der Waals surface area contributed by atoms with Crippen molar-refractivity contribution in [2.24, 2.45) is 0 Å². The molecule has 0 radical (unpaired) electrons. The largest absolute Gasteiger partial charge is 0.507 e. The summed E-state index contributed by atoms with van der Waals surface area (Å²) in [6.45, 7) is 2.64. The molecule has 0 amide bonds. The van der Waals surface area contributed by atoms with E-state index in [2.05, 4.69) is 12.1 Å². The van der Waals surface area contributed by atoms with Gasteiger partial charge in [0, 0.05) is 12.0 Å². The topological polar surface area (TPSA) is 52.4 Å². The van der Waals surface area contributed by atoms with Crippen molar-refractivity contribution in [2.75, 3.05) is 27.9 Å². The van der Waals surface area contributed by atoms with E-state index in [9.17, 15) is 5.11 Å². The first-order valence-electron chi connectivity index (χ1n) is 9.49. The molecule has 0 spiro atoms. The number of hydrogen-bond donors (Lipinski definition) is 2. The Balaban J connectivity index is 1.65. The van der Waals surface area contributed by atoms with Crippen LogP contribution in [0, 0.1) is 0 Å². The van der Waals surface area contributed by atoms with Crippen LogP contribution >= 0.6 is 0 Å². The summed E-state index contributed by atoms with van der Waals surface area (Å²) < 4.78 is 16.3. The molecule has 0 bridgehead atoms. The molecule has 1 heterocycles. The van der Waals surface area contributed by atoms with Gasteiger partial charge in [-0.15, -0.1) is 0 Å². The fourth-order valence-electron chi connectivity index (χ4n) is 4.09. The smallest absolute Gasteiger partial charge is 0.161 e. The van der Waals surface area contributed by atoms with Crippen molar-refractivity contribution in [3.05, 3.63) is 59.2 Å². The second-order valence-electron chi connectivity index (χ2n) is 7.23. The predicted molar refractivity (Wildman–Crippen MR) is 109 cm³/mol. The molecule has 0 saturated heterocycles. The summed E-state index contributed by atoms with van der Waals surface area (Å²) >= 11 is 0. The summed E-state index contributed by atoms with van der Waals surface area (Å²) in [5, 5.41) is 12.7. The predicted octanol–water partition coefficient (Wildman–Crippen LogP) is 2.71. The van der Waals surface area contributed by atoms with Gasteiger partial charge in [0.05, 0.1) is 33.4 Å². The van der Waals surface area contributed by atoms with Crippen molar-refractivity contribution < 1.29 is 24.2 Å². The average Bonchev–Trinajstić information content (AvgIpc) is 2.74. The molecule has 0 aromatic heterocycles. The number of ether oxygens (including phenoxy) is 3. The average molecular weight is 380 g/mol. The lowest BCUT2D eigenvalue weighted by Crippen LogP contribution is -3.10. The second-order valence-corrected chi connectivity index (χ2v) is 7.23. The minimum atomic E-state index is 0.339. The summed E-state index contributed by atoms with van der Waals surface area (Å²) in [7, 11) is 5.00. The van der Waals surface area contributed by atoms with Crippen LogP contribution in [0.2, 0.25) is 0 Å². The molecule has 5 nitrogen and oxygen atoms in total. The normalized spacial score (nSPS) is 15.9. The number of benzene rings is 3. The minimum absolute atomic E-state index is 0.339. The van der Waals surface area contributed by atoms with Gasteiger partial charge in [0.15, 0.2) is 11.5 Å². The van der Waals surface area contributed by atoms with Crippen molar-refractivity contribution in [3.63, 3.8) is 0 Å². The first kappa shape index (κ1) is 18.4. The van der Waals surface area contributed by atoms with Crippen LogP contribution in [0.5, 0.6) is 23.0 Å². The van der Waals surface area contributed by atoms with Gasteiger partial charge in [0.25, 0.3) is 0 Å². The molecule has 0 saturated carbocycles. The third-order valence-electron chi connectivity index (χ3n) is 5.64. The number of rotatable bonds is 5. The van der Waals surface area contributed by atoms with Gasteiger partial charge in [0.2, 0.25) is 0 Å². The maximum absolute atomic E-state index is 10.6. The van der Waals surface area contributed by atoms with Crippen LogP contribution in [-0.4, -0.2) is 33.0 Å². The van der Waals surface area contributed by atoms with Crippen LogP contribution in [0.15, 0.2) is 42.5 Å². The van der Waals surface area contributed by atoms with Crippen LogP contribution in [0.1, 0.15) is 16.7 Å². The molecule has 5 heteroatoms. The summed E-state index contributed by atoms with van der Waals surface area (Å²) in [6, 6.07) is 13.9. The third-order valence-corrected chi connectivity index (χ3v) is 5.64. The van der Waals surface area contributed by atoms with Gasteiger partial charge in [-0.25, -0.2) is 0 Å². The fraction of sp³-hybridized carbons (Fsp3) is 0.304. The molecule has 4 rings (SSSR count). The number of nitrogens with one attached hydrogen (secondary N) is 1. The minimum Gasteiger partial charge on any atom is -0.507 e. The molecule has 3 aromatic rings. The lowest BCUT2D eigenvalue weighted by Gasteiger charge is -2.27. The van der Waals surface area contributed by atoms with Gasteiger partial charge in [0.1, 0.15) is 24.6 Å². The van der Waals surface area contributed by atoms with E-state index < -0.39 is 0 Å². The van der Waals surface area contributed by atoms with Gasteiger partial charge in [-0.2, -0.15) is 0 Å². The van der Waals surface area contributed by atoms with Crippen molar-refractivity contribution >= 4 is 10.8 Å². The molecule has 0 aliphatic carbocycles. The number of quaternary nitrogens is 1. The third kappa shape index (κ3) is 3.34. The van der Waals surface area contributed by atoms with Gasteiger partial charge in [-0.05, 0) is 46.7 Å². The Morgan fingerprint density at radius 2 is 1.61 bits per heavy atom. The van der Waals surface area contributed by atoms with E-state index in [0.29, 0.717) is 5.75 Å². The van der Waals surface area contributed by atoms with Crippen molar-refractivity contribution in [1.29, 1.82) is 0 Å². The summed E-state index contributed by atoms with van der Waals surface area (Å²) in [5.74, 6) is 2.69. The second kappa shape index (κ2) is 7.60. The van der Waals surface area contributed by atoms with Crippen LogP contribution in [-0.2, 0) is 19.5 Å². The molecule has 146 valence electrons. The fourth-order valence-corrected chi connectivity index (χ4v) is 4.09. The van der Waals surface area contributed by atoms with E-state index in [1.165, 1.54) is 16.0 Å². The van der Waals surface area contributed by atoms with Gasteiger partial charge in [-0.3, -0.25) is 0 Å². The Labute approximate surface area is 165 Å². The molecule has 3 aromatic carbocycles. The summed E-state index contributed by atoms with van der Waals surface area (Å²) in [6.07, 6.45) is 0.972. The maximum atomic E-state index is 10.6. The van der Waals surface area contributed by atoms with Crippen LogP contribution < -0.4 is 19.1 Å². The van der Waals surface area contributed by atoms with E-state index in [1.54, 1.807) is 27.4 Å². The van der Waals surface area contributed by atoms with Crippen LogP contribution in [0.3, 0.4) is 0 Å². The maximum Gasteiger partial charge on any atom is 0.161 e. The highest BCUT2D eigenvalue weighted by Crippen LogP contribution is 2.32. The van der Waals surface area contributed by atoms with Crippen LogP contribution in [0.25, 0.3) is 10.8 Å². The van der Waals surface area contributed by atoms with Gasteiger partial charge < -0.3 is 24.2 Å². The molecule has 28 heavy (non-hydrogen) atoms. The molecule has 2 N–H and O–H groups in total. The van der Waals surface area contributed by atoms with E-state index >= 15 is 0 Å². The van der Waals surface area contributed by atoms with E-state index in [4.69, 9.17) is 14.2 Å². The summed E-state index contributed by atoms with van der Waals surface area (Å²) in [4.78, 5) is 1.41. The van der Waals surface area contributed by atoms with Crippen LogP contribution in [0.4, 0.5) is 0 Å². The molecular formula is C23H26NO4+. The van der Waals surface area contributed by atoms with Gasteiger partial charge in [-0.1, -0.05) is 12.1 Å². The highest BCUT2D eigenvalue weighted by atomic mass is 16.5. The standard InChI is InChI=1S/C23H25NO4/c1-26-18-6-4-15-5-7-21(25)20(19(15)12-18)14-24-9-8-16-10-22(27-2)23(28-3)11-17(16)13-24/h4-7,10-12,25H,8-9,13-14H2,1-3H3/p+1. The number of hydrogen-bond acceptors (Lipinski definition) is 4. The number of methoxy groups -OCH3 is 3. The highest BCUT2D eigenvalue weighted by molar-refractivity contribution is 5.88. The molecule has 1 aliphatic rings. The van der Waals surface area contributed by atoms with E-state index in [0.717, 1.165) is 59.6 Å². The molecule has 1 atom stereocenters. The Kier molecular flexibility index (Phi) is 5.01. The highest BCUT2D eigenvalue weighted by Gasteiger charge is 2.24. The molecule has 1 unspecified atom stereocenters. The zero-order valence-electron chi connectivity index (χ0n) is 16.5. The first-order valence-corrected chi connectivity index (χ1v) is 9.49. The monoisotopic (exact) mass is 380 g/mol. The quantitative estimate of drug-likeness (QED) is 0.715. The number of fused-ring (bicyclic) bond motifs is 2. The Morgan fingerprint density at radius 1 is 0.893 bits per heavy atom. The molecular weight excluding hydrogens is 354 g/mol. The number of phenols is 1. The Bertz CT molecular complexity index is 1020. The van der Waals surface area contributed by atoms with Crippen molar-refractivity contribution in [1.82, 2.24) is 0 Å². The summed E-state index contributed by atoms with van der Waals surface area (Å²) in [5.41, 5.74) is 3.55. The molecule has 1 aliphatic heterocycles. The lowest BCUT2D eigenvalue weighted by molar-refractivity contribution is -0.929. The zero-order chi connectivity index (χ0) is 19.7. The number of aromatic hydroxyl groups is 1. The Morgan fingerprint density at radius 3 is 2.32 bits per heavy atom. The number of phenolic OH excluding ortho intramolecular Hbond substituents is 1. The first-order chi connectivity index (χ1) is 13.6. The molecule has 0 fully saturated rings.